The SMILES string of the molecule is COC(=O)c1ccc(OC(=O)CCOC(=O)/C=C/C(=O)O)cc1. The maximum Gasteiger partial charge on any atom is 0.337 e. The fraction of sp³-hybridized carbons (Fsp3) is 0.200. The van der Waals surface area contributed by atoms with E-state index in [0.717, 1.165) is 6.08 Å². The molecule has 0 spiro atoms. The molecular formula is C15H14O8. The summed E-state index contributed by atoms with van der Waals surface area (Å²) in [6.45, 7) is -0.248. The zero-order valence-corrected chi connectivity index (χ0v) is 12.2. The molecule has 0 aliphatic heterocycles. The maximum absolute atomic E-state index is 11.5. The predicted octanol–water partition coefficient (Wildman–Crippen LogP) is 0.953. The van der Waals surface area contributed by atoms with Gasteiger partial charge in [-0.25, -0.2) is 14.4 Å². The van der Waals surface area contributed by atoms with E-state index in [1.54, 1.807) is 0 Å². The molecule has 1 aromatic carbocycles. The minimum Gasteiger partial charge on any atom is -0.478 e. The van der Waals surface area contributed by atoms with Gasteiger partial charge in [-0.1, -0.05) is 0 Å². The zero-order valence-electron chi connectivity index (χ0n) is 12.2. The lowest BCUT2D eigenvalue weighted by molar-refractivity contribution is -0.142. The first kappa shape index (κ1) is 17.9. The summed E-state index contributed by atoms with van der Waals surface area (Å²) >= 11 is 0. The molecule has 0 heterocycles. The van der Waals surface area contributed by atoms with E-state index in [0.29, 0.717) is 11.6 Å². The van der Waals surface area contributed by atoms with E-state index < -0.39 is 23.9 Å². The molecule has 122 valence electrons. The van der Waals surface area contributed by atoms with Crippen molar-refractivity contribution in [2.75, 3.05) is 13.7 Å². The number of benzene rings is 1. The fourth-order valence-corrected chi connectivity index (χ4v) is 1.38. The van der Waals surface area contributed by atoms with Crippen LogP contribution in [0, 0.1) is 0 Å². The number of carbonyl (C=O) groups is 4. The molecule has 0 aromatic heterocycles. The summed E-state index contributed by atoms with van der Waals surface area (Å²) in [4.78, 5) is 44.0. The normalized spacial score (nSPS) is 10.1. The molecule has 1 rings (SSSR count). The number of aliphatic carboxylic acids is 1. The first-order valence-corrected chi connectivity index (χ1v) is 6.39. The van der Waals surface area contributed by atoms with Crippen LogP contribution < -0.4 is 4.74 Å². The van der Waals surface area contributed by atoms with Gasteiger partial charge in [0.25, 0.3) is 0 Å². The number of ether oxygens (including phenoxy) is 3. The van der Waals surface area contributed by atoms with Crippen molar-refractivity contribution in [3.8, 4) is 5.75 Å². The second-order valence-electron chi connectivity index (χ2n) is 4.08. The van der Waals surface area contributed by atoms with Crippen LogP contribution in [0.1, 0.15) is 16.8 Å². The topological polar surface area (TPSA) is 116 Å². The molecule has 0 saturated carbocycles. The van der Waals surface area contributed by atoms with Gasteiger partial charge in [0, 0.05) is 12.2 Å². The Hall–Kier alpha value is -3.16. The Morgan fingerprint density at radius 2 is 1.74 bits per heavy atom. The van der Waals surface area contributed by atoms with Crippen LogP contribution in [0.25, 0.3) is 0 Å². The Morgan fingerprint density at radius 3 is 2.30 bits per heavy atom. The van der Waals surface area contributed by atoms with E-state index >= 15 is 0 Å². The zero-order chi connectivity index (χ0) is 17.2. The molecule has 8 heteroatoms. The average Bonchev–Trinajstić information content (AvgIpc) is 2.52. The van der Waals surface area contributed by atoms with Gasteiger partial charge < -0.3 is 19.3 Å². The number of hydrogen-bond donors (Lipinski definition) is 1. The smallest absolute Gasteiger partial charge is 0.337 e. The number of rotatable bonds is 7. The fourth-order valence-electron chi connectivity index (χ4n) is 1.38. The van der Waals surface area contributed by atoms with Crippen LogP contribution in [0.4, 0.5) is 0 Å². The third-order valence-corrected chi connectivity index (χ3v) is 2.42. The lowest BCUT2D eigenvalue weighted by Gasteiger charge is -2.05. The average molecular weight is 322 g/mol. The number of carbonyl (C=O) groups excluding carboxylic acids is 3. The van der Waals surface area contributed by atoms with E-state index in [2.05, 4.69) is 9.47 Å². The summed E-state index contributed by atoms with van der Waals surface area (Å²) in [5.74, 6) is -3.09. The molecule has 1 aromatic rings. The highest BCUT2D eigenvalue weighted by Crippen LogP contribution is 2.13. The first-order valence-electron chi connectivity index (χ1n) is 6.39. The first-order chi connectivity index (χ1) is 10.9. The Morgan fingerprint density at radius 1 is 1.09 bits per heavy atom. The molecule has 8 nitrogen and oxygen atoms in total. The highest BCUT2D eigenvalue weighted by Gasteiger charge is 2.09. The maximum atomic E-state index is 11.5. The Kier molecular flexibility index (Phi) is 6.99. The standard InChI is InChI=1S/C15H14O8/c1-21-15(20)10-2-4-11(5-3-10)23-14(19)8-9-22-13(18)7-6-12(16)17/h2-7H,8-9H2,1H3,(H,16,17)/b7-6+. The van der Waals surface area contributed by atoms with Crippen LogP contribution in [0.5, 0.6) is 5.75 Å². The highest BCUT2D eigenvalue weighted by atomic mass is 16.5. The number of esters is 3. The van der Waals surface area contributed by atoms with Crippen LogP contribution >= 0.6 is 0 Å². The quantitative estimate of drug-likeness (QED) is 0.448. The van der Waals surface area contributed by atoms with Gasteiger partial charge in [0.15, 0.2) is 0 Å². The van der Waals surface area contributed by atoms with E-state index in [-0.39, 0.29) is 18.8 Å². The number of hydrogen-bond acceptors (Lipinski definition) is 7. The summed E-state index contributed by atoms with van der Waals surface area (Å²) in [7, 11) is 1.25. The van der Waals surface area contributed by atoms with Crippen LogP contribution in [-0.2, 0) is 23.9 Å². The Bertz CT molecular complexity index is 615. The molecule has 23 heavy (non-hydrogen) atoms. The molecule has 0 fully saturated rings. The van der Waals surface area contributed by atoms with Gasteiger partial charge in [-0.15, -0.1) is 0 Å². The molecule has 0 atom stereocenters. The van der Waals surface area contributed by atoms with Crippen LogP contribution in [-0.4, -0.2) is 42.7 Å². The molecule has 0 radical (unpaired) electrons. The van der Waals surface area contributed by atoms with E-state index in [4.69, 9.17) is 9.84 Å². The largest absolute Gasteiger partial charge is 0.478 e. The molecule has 1 N–H and O–H groups in total. The monoisotopic (exact) mass is 322 g/mol. The van der Waals surface area contributed by atoms with Gasteiger partial charge in [-0.05, 0) is 24.3 Å². The summed E-state index contributed by atoms with van der Waals surface area (Å²) in [6.07, 6.45) is 1.16. The summed E-state index contributed by atoms with van der Waals surface area (Å²) in [5, 5.41) is 8.31. The van der Waals surface area contributed by atoms with Gasteiger partial charge in [0.2, 0.25) is 0 Å². The minimum absolute atomic E-state index is 0.203. The molecular weight excluding hydrogens is 308 g/mol. The van der Waals surface area contributed by atoms with E-state index in [1.807, 2.05) is 0 Å². The van der Waals surface area contributed by atoms with E-state index in [9.17, 15) is 19.2 Å². The lowest BCUT2D eigenvalue weighted by atomic mass is 10.2. The van der Waals surface area contributed by atoms with Gasteiger partial charge in [-0.3, -0.25) is 4.79 Å². The summed E-state index contributed by atoms with van der Waals surface area (Å²) in [6, 6.07) is 5.72. The van der Waals surface area contributed by atoms with Crippen molar-refractivity contribution < 1.29 is 38.5 Å². The number of carboxylic acids is 1. The molecule has 0 unspecified atom stereocenters. The van der Waals surface area contributed by atoms with Crippen molar-refractivity contribution >= 4 is 23.9 Å². The molecule has 0 aliphatic carbocycles. The van der Waals surface area contributed by atoms with Crippen molar-refractivity contribution in [1.29, 1.82) is 0 Å². The second-order valence-corrected chi connectivity index (χ2v) is 4.08. The molecule has 0 amide bonds. The molecule has 0 aliphatic rings. The van der Waals surface area contributed by atoms with Crippen molar-refractivity contribution in [3.05, 3.63) is 42.0 Å². The van der Waals surface area contributed by atoms with Gasteiger partial charge in [0.1, 0.15) is 12.4 Å². The van der Waals surface area contributed by atoms with Gasteiger partial charge in [0.05, 0.1) is 19.1 Å². The second kappa shape index (κ2) is 8.98. The van der Waals surface area contributed by atoms with Crippen LogP contribution in [0.3, 0.4) is 0 Å². The third kappa shape index (κ3) is 6.89. The van der Waals surface area contributed by atoms with E-state index in [1.165, 1.54) is 31.4 Å². The molecule has 0 bridgehead atoms. The van der Waals surface area contributed by atoms with Crippen molar-refractivity contribution in [2.24, 2.45) is 0 Å². The van der Waals surface area contributed by atoms with Crippen molar-refractivity contribution in [1.82, 2.24) is 0 Å². The summed E-state index contributed by atoms with van der Waals surface area (Å²) in [5.41, 5.74) is 0.312. The third-order valence-electron chi connectivity index (χ3n) is 2.42. The van der Waals surface area contributed by atoms with Gasteiger partial charge >= 0.3 is 23.9 Å². The van der Waals surface area contributed by atoms with Crippen molar-refractivity contribution in [3.63, 3.8) is 0 Å². The van der Waals surface area contributed by atoms with Crippen LogP contribution in [0.2, 0.25) is 0 Å². The number of carboxylic acid groups (broad SMARTS) is 1. The molecule has 0 saturated heterocycles. The van der Waals surface area contributed by atoms with Gasteiger partial charge in [-0.2, -0.15) is 0 Å². The minimum atomic E-state index is -1.28. The Balaban J connectivity index is 2.38. The Labute approximate surface area is 131 Å². The highest BCUT2D eigenvalue weighted by molar-refractivity contribution is 5.91. The predicted molar refractivity (Wildman–Crippen MR) is 75.8 cm³/mol. The summed E-state index contributed by atoms with van der Waals surface area (Å²) < 4.78 is 14.1. The van der Waals surface area contributed by atoms with Crippen molar-refractivity contribution in [2.45, 2.75) is 6.42 Å². The number of methoxy groups -OCH3 is 1. The lowest BCUT2D eigenvalue weighted by Crippen LogP contribution is -2.13. The van der Waals surface area contributed by atoms with Crippen LogP contribution in [0.15, 0.2) is 36.4 Å².